The van der Waals surface area contributed by atoms with E-state index in [1.165, 1.54) is 29.3 Å². The SMILES string of the molecule is CC1(c2cccc3c(Br)c[nH]c23)CCCN1. The van der Waals surface area contributed by atoms with Gasteiger partial charge in [-0.3, -0.25) is 0 Å². The molecule has 0 radical (unpaired) electrons. The van der Waals surface area contributed by atoms with Crippen LogP contribution in [0.15, 0.2) is 28.9 Å². The summed E-state index contributed by atoms with van der Waals surface area (Å²) in [6.45, 7) is 3.41. The molecule has 16 heavy (non-hydrogen) atoms. The fourth-order valence-electron chi connectivity index (χ4n) is 2.70. The lowest BCUT2D eigenvalue weighted by Gasteiger charge is -2.25. The molecule has 1 aliphatic rings. The van der Waals surface area contributed by atoms with Crippen molar-refractivity contribution in [2.24, 2.45) is 0 Å². The third kappa shape index (κ3) is 1.42. The quantitative estimate of drug-likeness (QED) is 0.821. The zero-order chi connectivity index (χ0) is 11.2. The van der Waals surface area contributed by atoms with Gasteiger partial charge in [0.2, 0.25) is 0 Å². The van der Waals surface area contributed by atoms with E-state index in [1.54, 1.807) is 0 Å². The van der Waals surface area contributed by atoms with Crippen LogP contribution in [0.4, 0.5) is 0 Å². The number of para-hydroxylation sites is 1. The Labute approximate surface area is 104 Å². The Morgan fingerprint density at radius 2 is 2.25 bits per heavy atom. The predicted molar refractivity (Wildman–Crippen MR) is 70.6 cm³/mol. The lowest BCUT2D eigenvalue weighted by atomic mass is 9.89. The molecular formula is C13H15BrN2. The van der Waals surface area contributed by atoms with Gasteiger partial charge in [-0.2, -0.15) is 0 Å². The fourth-order valence-corrected chi connectivity index (χ4v) is 3.15. The highest BCUT2D eigenvalue weighted by Gasteiger charge is 2.31. The van der Waals surface area contributed by atoms with Crippen molar-refractivity contribution in [1.29, 1.82) is 0 Å². The van der Waals surface area contributed by atoms with Crippen LogP contribution in [0, 0.1) is 0 Å². The van der Waals surface area contributed by atoms with Gasteiger partial charge >= 0.3 is 0 Å². The average molecular weight is 279 g/mol. The van der Waals surface area contributed by atoms with Gasteiger partial charge in [0, 0.05) is 21.6 Å². The van der Waals surface area contributed by atoms with Gasteiger partial charge < -0.3 is 10.3 Å². The first kappa shape index (κ1) is 10.4. The van der Waals surface area contributed by atoms with E-state index in [-0.39, 0.29) is 5.54 Å². The predicted octanol–water partition coefficient (Wildman–Crippen LogP) is 3.53. The molecule has 0 aliphatic carbocycles. The van der Waals surface area contributed by atoms with E-state index in [2.05, 4.69) is 51.4 Å². The van der Waals surface area contributed by atoms with E-state index in [0.29, 0.717) is 0 Å². The maximum absolute atomic E-state index is 3.62. The number of nitrogens with one attached hydrogen (secondary N) is 2. The molecule has 0 bridgehead atoms. The maximum Gasteiger partial charge on any atom is 0.0516 e. The topological polar surface area (TPSA) is 27.8 Å². The van der Waals surface area contributed by atoms with Crippen molar-refractivity contribution in [2.75, 3.05) is 6.54 Å². The molecule has 0 saturated carbocycles. The first-order valence-corrected chi connectivity index (χ1v) is 6.51. The summed E-state index contributed by atoms with van der Waals surface area (Å²) in [6.07, 6.45) is 4.49. The molecular weight excluding hydrogens is 264 g/mol. The Kier molecular flexibility index (Phi) is 2.33. The molecule has 2 nitrogen and oxygen atoms in total. The number of aromatic amines is 1. The Morgan fingerprint density at radius 3 is 3.00 bits per heavy atom. The minimum absolute atomic E-state index is 0.129. The van der Waals surface area contributed by atoms with Crippen LogP contribution in [-0.2, 0) is 5.54 Å². The average Bonchev–Trinajstić information content (AvgIpc) is 2.87. The molecule has 1 unspecified atom stereocenters. The second-order valence-corrected chi connectivity index (χ2v) is 5.58. The van der Waals surface area contributed by atoms with Crippen molar-refractivity contribution >= 4 is 26.8 Å². The molecule has 2 heterocycles. The highest BCUT2D eigenvalue weighted by Crippen LogP contribution is 2.36. The molecule has 3 heteroatoms. The molecule has 3 rings (SSSR count). The lowest BCUT2D eigenvalue weighted by molar-refractivity contribution is 0.438. The minimum atomic E-state index is 0.129. The summed E-state index contributed by atoms with van der Waals surface area (Å²) < 4.78 is 1.14. The van der Waals surface area contributed by atoms with Crippen LogP contribution in [0.3, 0.4) is 0 Å². The largest absolute Gasteiger partial charge is 0.360 e. The van der Waals surface area contributed by atoms with E-state index in [0.717, 1.165) is 11.0 Å². The van der Waals surface area contributed by atoms with E-state index in [9.17, 15) is 0 Å². The van der Waals surface area contributed by atoms with Crippen molar-refractivity contribution in [1.82, 2.24) is 10.3 Å². The molecule has 1 aliphatic heterocycles. The summed E-state index contributed by atoms with van der Waals surface area (Å²) in [6, 6.07) is 6.52. The lowest BCUT2D eigenvalue weighted by Crippen LogP contribution is -2.33. The number of halogens is 1. The Balaban J connectivity index is 2.23. The van der Waals surface area contributed by atoms with Crippen molar-refractivity contribution in [3.05, 3.63) is 34.4 Å². The standard InChI is InChI=1S/C13H15BrN2/c1-13(6-3-7-16-13)10-5-2-4-9-11(14)8-15-12(9)10/h2,4-5,8,15-16H,3,6-7H2,1H3. The van der Waals surface area contributed by atoms with Gasteiger partial charge in [-0.15, -0.1) is 0 Å². The normalized spacial score (nSPS) is 25.4. The van der Waals surface area contributed by atoms with Gasteiger partial charge in [-0.1, -0.05) is 18.2 Å². The van der Waals surface area contributed by atoms with Crippen LogP contribution in [-0.4, -0.2) is 11.5 Å². The highest BCUT2D eigenvalue weighted by molar-refractivity contribution is 9.10. The van der Waals surface area contributed by atoms with Crippen molar-refractivity contribution < 1.29 is 0 Å². The summed E-state index contributed by atoms with van der Waals surface area (Å²) in [5.41, 5.74) is 2.77. The number of hydrogen-bond donors (Lipinski definition) is 2. The summed E-state index contributed by atoms with van der Waals surface area (Å²) in [4.78, 5) is 3.37. The Hall–Kier alpha value is -0.800. The van der Waals surface area contributed by atoms with Crippen LogP contribution >= 0.6 is 15.9 Å². The second-order valence-electron chi connectivity index (χ2n) is 4.73. The molecule has 1 saturated heterocycles. The van der Waals surface area contributed by atoms with Gasteiger partial charge in [0.05, 0.1) is 5.52 Å². The third-order valence-electron chi connectivity index (χ3n) is 3.63. The summed E-state index contributed by atoms with van der Waals surface area (Å²) in [5.74, 6) is 0. The summed E-state index contributed by atoms with van der Waals surface area (Å²) >= 11 is 3.58. The van der Waals surface area contributed by atoms with E-state index < -0.39 is 0 Å². The van der Waals surface area contributed by atoms with Crippen LogP contribution in [0.2, 0.25) is 0 Å². The van der Waals surface area contributed by atoms with Gasteiger partial charge in [-0.05, 0) is 47.8 Å². The van der Waals surface area contributed by atoms with Crippen molar-refractivity contribution in [3.8, 4) is 0 Å². The molecule has 1 aromatic heterocycles. The van der Waals surface area contributed by atoms with Gasteiger partial charge in [0.25, 0.3) is 0 Å². The monoisotopic (exact) mass is 278 g/mol. The first-order valence-electron chi connectivity index (χ1n) is 5.72. The Morgan fingerprint density at radius 1 is 1.38 bits per heavy atom. The number of benzene rings is 1. The molecule has 1 atom stereocenters. The second kappa shape index (κ2) is 3.60. The van der Waals surface area contributed by atoms with Crippen LogP contribution in [0.25, 0.3) is 10.9 Å². The highest BCUT2D eigenvalue weighted by atomic mass is 79.9. The number of H-pyrrole nitrogens is 1. The minimum Gasteiger partial charge on any atom is -0.360 e. The molecule has 84 valence electrons. The zero-order valence-electron chi connectivity index (χ0n) is 9.31. The fraction of sp³-hybridized carbons (Fsp3) is 0.385. The first-order chi connectivity index (χ1) is 7.71. The van der Waals surface area contributed by atoms with Gasteiger partial charge in [-0.25, -0.2) is 0 Å². The van der Waals surface area contributed by atoms with E-state index in [4.69, 9.17) is 0 Å². The Bertz CT molecular complexity index is 524. The van der Waals surface area contributed by atoms with Crippen molar-refractivity contribution in [3.63, 3.8) is 0 Å². The maximum atomic E-state index is 3.62. The summed E-state index contributed by atoms with van der Waals surface area (Å²) in [7, 11) is 0. The molecule has 2 aromatic rings. The molecule has 1 aromatic carbocycles. The summed E-state index contributed by atoms with van der Waals surface area (Å²) in [5, 5.41) is 4.89. The van der Waals surface area contributed by atoms with Crippen LogP contribution < -0.4 is 5.32 Å². The molecule has 0 amide bonds. The number of rotatable bonds is 1. The number of fused-ring (bicyclic) bond motifs is 1. The van der Waals surface area contributed by atoms with Gasteiger partial charge in [0.1, 0.15) is 0 Å². The third-order valence-corrected chi connectivity index (χ3v) is 4.28. The number of aromatic nitrogens is 1. The smallest absolute Gasteiger partial charge is 0.0516 e. The van der Waals surface area contributed by atoms with E-state index >= 15 is 0 Å². The van der Waals surface area contributed by atoms with Crippen molar-refractivity contribution in [2.45, 2.75) is 25.3 Å². The number of hydrogen-bond acceptors (Lipinski definition) is 1. The molecule has 2 N–H and O–H groups in total. The molecule has 1 fully saturated rings. The van der Waals surface area contributed by atoms with Crippen LogP contribution in [0.5, 0.6) is 0 Å². The molecule has 0 spiro atoms. The van der Waals surface area contributed by atoms with Gasteiger partial charge in [0.15, 0.2) is 0 Å². The van der Waals surface area contributed by atoms with E-state index in [1.807, 2.05) is 6.20 Å². The zero-order valence-corrected chi connectivity index (χ0v) is 10.9. The van der Waals surface area contributed by atoms with Crippen LogP contribution in [0.1, 0.15) is 25.3 Å².